The summed E-state index contributed by atoms with van der Waals surface area (Å²) in [5, 5.41) is 0.445. The molecular formula is C20H23ClN2O4. The van der Waals surface area contributed by atoms with Crippen molar-refractivity contribution in [2.45, 2.75) is 26.2 Å². The molecule has 0 spiro atoms. The van der Waals surface area contributed by atoms with Crippen molar-refractivity contribution >= 4 is 23.4 Å². The first-order valence-electron chi connectivity index (χ1n) is 8.60. The number of ether oxygens (including phenoxy) is 2. The Morgan fingerprint density at radius 1 is 1.11 bits per heavy atom. The fourth-order valence-corrected chi connectivity index (χ4v) is 2.63. The van der Waals surface area contributed by atoms with Gasteiger partial charge in [-0.2, -0.15) is 0 Å². The third kappa shape index (κ3) is 5.62. The van der Waals surface area contributed by atoms with Gasteiger partial charge in [-0.15, -0.1) is 0 Å². The molecule has 1 unspecified atom stereocenters. The van der Waals surface area contributed by atoms with Gasteiger partial charge < -0.3 is 9.47 Å². The first-order chi connectivity index (χ1) is 13.0. The van der Waals surface area contributed by atoms with Gasteiger partial charge in [0, 0.05) is 5.02 Å². The number of hydrogen-bond donors (Lipinski definition) is 2. The van der Waals surface area contributed by atoms with E-state index in [0.717, 1.165) is 12.0 Å². The number of methoxy groups -OCH3 is 1. The summed E-state index contributed by atoms with van der Waals surface area (Å²) in [6.45, 7) is 3.97. The van der Waals surface area contributed by atoms with Gasteiger partial charge in [0.1, 0.15) is 11.5 Å². The van der Waals surface area contributed by atoms with Crippen molar-refractivity contribution in [2.75, 3.05) is 13.7 Å². The molecule has 2 aromatic carbocycles. The van der Waals surface area contributed by atoms with Gasteiger partial charge in [0.25, 0.3) is 11.8 Å². The molecule has 0 aliphatic carbocycles. The third-order valence-corrected chi connectivity index (χ3v) is 4.38. The van der Waals surface area contributed by atoms with Gasteiger partial charge in [0.2, 0.25) is 0 Å². The number of rotatable bonds is 7. The van der Waals surface area contributed by atoms with E-state index in [-0.39, 0.29) is 12.2 Å². The molecule has 0 saturated heterocycles. The van der Waals surface area contributed by atoms with Gasteiger partial charge in [0.05, 0.1) is 12.7 Å². The largest absolute Gasteiger partial charge is 0.496 e. The van der Waals surface area contributed by atoms with E-state index >= 15 is 0 Å². The number of benzene rings is 2. The molecule has 1 atom stereocenters. The highest BCUT2D eigenvalue weighted by molar-refractivity contribution is 6.30. The number of carbonyl (C=O) groups excluding carboxylic acids is 2. The van der Waals surface area contributed by atoms with Gasteiger partial charge in [-0.25, -0.2) is 0 Å². The van der Waals surface area contributed by atoms with E-state index < -0.39 is 11.8 Å². The van der Waals surface area contributed by atoms with Crippen LogP contribution in [-0.2, 0) is 4.79 Å². The van der Waals surface area contributed by atoms with E-state index in [1.807, 2.05) is 24.3 Å². The van der Waals surface area contributed by atoms with Crippen molar-refractivity contribution in [1.29, 1.82) is 0 Å². The molecule has 0 fully saturated rings. The minimum atomic E-state index is -0.517. The first-order valence-corrected chi connectivity index (χ1v) is 8.98. The number of halogens is 1. The molecule has 6 nitrogen and oxygen atoms in total. The van der Waals surface area contributed by atoms with Crippen LogP contribution >= 0.6 is 11.6 Å². The van der Waals surface area contributed by atoms with Crippen molar-refractivity contribution in [1.82, 2.24) is 10.9 Å². The predicted octanol–water partition coefficient (Wildman–Crippen LogP) is 3.70. The van der Waals surface area contributed by atoms with Crippen LogP contribution in [0.25, 0.3) is 0 Å². The van der Waals surface area contributed by atoms with E-state index in [1.54, 1.807) is 6.07 Å². The fourth-order valence-electron chi connectivity index (χ4n) is 2.46. The Balaban J connectivity index is 1.91. The molecule has 0 saturated carbocycles. The molecule has 0 bridgehead atoms. The van der Waals surface area contributed by atoms with E-state index in [4.69, 9.17) is 21.1 Å². The lowest BCUT2D eigenvalue weighted by atomic mass is 9.98. The predicted molar refractivity (Wildman–Crippen MR) is 104 cm³/mol. The molecule has 2 N–H and O–H groups in total. The van der Waals surface area contributed by atoms with Gasteiger partial charge in [-0.05, 0) is 42.2 Å². The Labute approximate surface area is 163 Å². The molecule has 2 rings (SSSR count). The van der Waals surface area contributed by atoms with Crippen LogP contribution in [0.2, 0.25) is 5.02 Å². The highest BCUT2D eigenvalue weighted by atomic mass is 35.5. The molecule has 7 heteroatoms. The van der Waals surface area contributed by atoms with Gasteiger partial charge in [-0.1, -0.05) is 43.6 Å². The molecule has 0 aliphatic rings. The zero-order valence-electron chi connectivity index (χ0n) is 15.5. The molecule has 27 heavy (non-hydrogen) atoms. The summed E-state index contributed by atoms with van der Waals surface area (Å²) in [6, 6.07) is 12.2. The van der Waals surface area contributed by atoms with Gasteiger partial charge >= 0.3 is 0 Å². The minimum absolute atomic E-state index is 0.217. The Kier molecular flexibility index (Phi) is 7.49. The summed E-state index contributed by atoms with van der Waals surface area (Å²) in [6.07, 6.45) is 0.964. The normalized spacial score (nSPS) is 11.4. The first kappa shape index (κ1) is 20.6. The molecule has 0 heterocycles. The topological polar surface area (TPSA) is 76.7 Å². The zero-order valence-corrected chi connectivity index (χ0v) is 16.3. The molecule has 2 amide bonds. The Bertz CT molecular complexity index is 810. The Hall–Kier alpha value is -2.73. The van der Waals surface area contributed by atoms with E-state index in [9.17, 15) is 9.59 Å². The minimum Gasteiger partial charge on any atom is -0.496 e. The summed E-state index contributed by atoms with van der Waals surface area (Å²) in [4.78, 5) is 24.2. The number of hydrogen-bond acceptors (Lipinski definition) is 4. The third-order valence-electron chi connectivity index (χ3n) is 4.14. The standard InChI is InChI=1S/C20H23ClN2O4/c1-4-13(2)15-7-5-6-8-17(15)27-12-19(24)22-23-20(25)16-10-9-14(21)11-18(16)26-3/h5-11,13H,4,12H2,1-3H3,(H,22,24)(H,23,25). The monoisotopic (exact) mass is 390 g/mol. The second-order valence-corrected chi connectivity index (χ2v) is 6.42. The van der Waals surface area contributed by atoms with Crippen LogP contribution in [0.1, 0.15) is 42.1 Å². The molecule has 0 aromatic heterocycles. The van der Waals surface area contributed by atoms with Crippen molar-refractivity contribution in [3.05, 3.63) is 58.6 Å². The van der Waals surface area contributed by atoms with Crippen molar-refractivity contribution in [3.8, 4) is 11.5 Å². The summed E-state index contributed by atoms with van der Waals surface area (Å²) in [5.74, 6) is 0.300. The van der Waals surface area contributed by atoms with Crippen LogP contribution in [0.3, 0.4) is 0 Å². The summed E-state index contributed by atoms with van der Waals surface area (Å²) < 4.78 is 10.7. The number of amides is 2. The van der Waals surface area contributed by atoms with Gasteiger partial charge in [0.15, 0.2) is 6.61 Å². The Morgan fingerprint density at radius 2 is 1.85 bits per heavy atom. The maximum absolute atomic E-state index is 12.2. The van der Waals surface area contributed by atoms with E-state index in [2.05, 4.69) is 24.7 Å². The number of carbonyl (C=O) groups is 2. The van der Waals surface area contributed by atoms with Crippen LogP contribution in [-0.4, -0.2) is 25.5 Å². The molecule has 0 radical (unpaired) electrons. The number of para-hydroxylation sites is 1. The molecular weight excluding hydrogens is 368 g/mol. The van der Waals surface area contributed by atoms with E-state index in [0.29, 0.717) is 22.4 Å². The van der Waals surface area contributed by atoms with Crippen LogP contribution in [0, 0.1) is 0 Å². The van der Waals surface area contributed by atoms with Crippen LogP contribution in [0.4, 0.5) is 0 Å². The van der Waals surface area contributed by atoms with Crippen molar-refractivity contribution < 1.29 is 19.1 Å². The molecule has 2 aromatic rings. The van der Waals surface area contributed by atoms with Gasteiger partial charge in [-0.3, -0.25) is 20.4 Å². The average Bonchev–Trinajstić information content (AvgIpc) is 2.69. The van der Waals surface area contributed by atoms with E-state index in [1.165, 1.54) is 19.2 Å². The quantitative estimate of drug-likeness (QED) is 0.707. The highest BCUT2D eigenvalue weighted by Gasteiger charge is 2.14. The molecule has 0 aliphatic heterocycles. The second kappa shape index (κ2) is 9.83. The maximum atomic E-state index is 12.2. The van der Waals surface area contributed by atoms with Crippen LogP contribution in [0.15, 0.2) is 42.5 Å². The fraction of sp³-hybridized carbons (Fsp3) is 0.300. The van der Waals surface area contributed by atoms with Crippen LogP contribution in [0.5, 0.6) is 11.5 Å². The van der Waals surface area contributed by atoms with Crippen LogP contribution < -0.4 is 20.3 Å². The summed E-state index contributed by atoms with van der Waals surface area (Å²) in [7, 11) is 1.43. The lowest BCUT2D eigenvalue weighted by molar-refractivity contribution is -0.123. The number of nitrogens with one attached hydrogen (secondary N) is 2. The zero-order chi connectivity index (χ0) is 19.8. The maximum Gasteiger partial charge on any atom is 0.276 e. The summed E-state index contributed by atoms with van der Waals surface area (Å²) >= 11 is 5.87. The SMILES string of the molecule is CCC(C)c1ccccc1OCC(=O)NNC(=O)c1ccc(Cl)cc1OC. The smallest absolute Gasteiger partial charge is 0.276 e. The van der Waals surface area contributed by atoms with Crippen molar-refractivity contribution in [3.63, 3.8) is 0 Å². The summed E-state index contributed by atoms with van der Waals surface area (Å²) in [5.41, 5.74) is 5.96. The Morgan fingerprint density at radius 3 is 2.56 bits per heavy atom. The highest BCUT2D eigenvalue weighted by Crippen LogP contribution is 2.28. The number of hydrazine groups is 1. The van der Waals surface area contributed by atoms with Crippen molar-refractivity contribution in [2.24, 2.45) is 0 Å². The lowest BCUT2D eigenvalue weighted by Crippen LogP contribution is -2.44. The average molecular weight is 391 g/mol. The molecule has 144 valence electrons. The second-order valence-electron chi connectivity index (χ2n) is 5.98. The lowest BCUT2D eigenvalue weighted by Gasteiger charge is -2.15.